The first kappa shape index (κ1) is 23.9. The van der Waals surface area contributed by atoms with Crippen LogP contribution >= 0.6 is 0 Å². The van der Waals surface area contributed by atoms with E-state index in [0.29, 0.717) is 19.4 Å². The molecule has 0 spiro atoms. The van der Waals surface area contributed by atoms with Crippen LogP contribution in [0.25, 0.3) is 0 Å². The number of nitrogens with one attached hydrogen (secondary N) is 1. The van der Waals surface area contributed by atoms with Gasteiger partial charge in [-0.15, -0.1) is 0 Å². The summed E-state index contributed by atoms with van der Waals surface area (Å²) >= 11 is 0. The van der Waals surface area contributed by atoms with E-state index >= 15 is 0 Å². The van der Waals surface area contributed by atoms with Crippen molar-refractivity contribution in [2.75, 3.05) is 6.54 Å². The van der Waals surface area contributed by atoms with Crippen LogP contribution in [0.2, 0.25) is 0 Å². The molecule has 1 saturated carbocycles. The Morgan fingerprint density at radius 2 is 1.84 bits per heavy atom. The van der Waals surface area contributed by atoms with Gasteiger partial charge in [0.2, 0.25) is 0 Å². The summed E-state index contributed by atoms with van der Waals surface area (Å²) in [6.07, 6.45) is 5.45. The van der Waals surface area contributed by atoms with Crippen LogP contribution in [0.3, 0.4) is 0 Å². The summed E-state index contributed by atoms with van der Waals surface area (Å²) in [5, 5.41) is 14.5. The van der Waals surface area contributed by atoms with Crippen molar-refractivity contribution in [2.45, 2.75) is 90.2 Å². The number of hydrogen-bond donors (Lipinski definition) is 2. The molecule has 0 amide bonds. The molecule has 3 heteroatoms. The second kappa shape index (κ2) is 9.83. The second-order valence-electron chi connectivity index (χ2n) is 10.8. The summed E-state index contributed by atoms with van der Waals surface area (Å²) in [6, 6.07) is 14.1. The summed E-state index contributed by atoms with van der Waals surface area (Å²) in [4.78, 5) is 0. The maximum absolute atomic E-state index is 13.7. The van der Waals surface area contributed by atoms with Gasteiger partial charge in [-0.3, -0.25) is 0 Å². The molecule has 2 N–H and O–H groups in total. The fourth-order valence-electron chi connectivity index (χ4n) is 4.81. The van der Waals surface area contributed by atoms with Gasteiger partial charge in [-0.25, -0.2) is 4.39 Å². The Bertz CT molecular complexity index is 841. The van der Waals surface area contributed by atoms with Crippen molar-refractivity contribution in [1.82, 2.24) is 5.32 Å². The summed E-state index contributed by atoms with van der Waals surface area (Å²) in [7, 11) is 0. The first-order valence-electron chi connectivity index (χ1n) is 11.9. The zero-order chi connectivity index (χ0) is 22.6. The molecule has 2 aromatic rings. The molecule has 1 aliphatic rings. The van der Waals surface area contributed by atoms with E-state index in [1.807, 2.05) is 13.0 Å². The Kier molecular flexibility index (Phi) is 7.59. The number of rotatable bonds is 7. The maximum Gasteiger partial charge on any atom is 0.123 e. The molecule has 1 fully saturated rings. The van der Waals surface area contributed by atoms with Gasteiger partial charge in [-0.1, -0.05) is 58.0 Å². The van der Waals surface area contributed by atoms with Crippen molar-refractivity contribution in [3.8, 4) is 0 Å². The van der Waals surface area contributed by atoms with E-state index in [9.17, 15) is 9.50 Å². The van der Waals surface area contributed by atoms with Crippen molar-refractivity contribution < 1.29 is 9.50 Å². The fraction of sp³-hybridized carbons (Fsp3) is 0.571. The van der Waals surface area contributed by atoms with Gasteiger partial charge in [-0.2, -0.15) is 0 Å². The van der Waals surface area contributed by atoms with Crippen LogP contribution in [0.1, 0.15) is 82.1 Å². The van der Waals surface area contributed by atoms with E-state index < -0.39 is 6.10 Å². The van der Waals surface area contributed by atoms with Gasteiger partial charge in [0.1, 0.15) is 5.82 Å². The lowest BCUT2D eigenvalue weighted by atomic mass is 9.72. The van der Waals surface area contributed by atoms with E-state index in [2.05, 4.69) is 57.3 Å². The molecule has 2 nitrogen and oxygen atoms in total. The molecule has 2 aromatic carbocycles. The van der Waals surface area contributed by atoms with Gasteiger partial charge >= 0.3 is 0 Å². The van der Waals surface area contributed by atoms with Crippen LogP contribution in [0.15, 0.2) is 42.5 Å². The van der Waals surface area contributed by atoms with E-state index in [4.69, 9.17) is 0 Å². The average molecular weight is 426 g/mol. The Morgan fingerprint density at radius 1 is 1.13 bits per heavy atom. The van der Waals surface area contributed by atoms with Gasteiger partial charge in [-0.05, 0) is 91.2 Å². The molecule has 1 aliphatic carbocycles. The monoisotopic (exact) mass is 425 g/mol. The minimum atomic E-state index is -0.453. The summed E-state index contributed by atoms with van der Waals surface area (Å²) in [6.45, 7) is 11.6. The van der Waals surface area contributed by atoms with Crippen LogP contribution in [0, 0.1) is 18.7 Å². The number of aliphatic hydroxyl groups excluding tert-OH is 1. The van der Waals surface area contributed by atoms with Gasteiger partial charge in [0.15, 0.2) is 0 Å². The number of aliphatic hydroxyl groups is 1. The number of halogens is 1. The predicted octanol–water partition coefficient (Wildman–Crippen LogP) is 6.42. The molecular weight excluding hydrogens is 385 g/mol. The summed E-state index contributed by atoms with van der Waals surface area (Å²) < 4.78 is 13.7. The Hall–Kier alpha value is -1.71. The van der Waals surface area contributed by atoms with Gasteiger partial charge in [0.25, 0.3) is 0 Å². The lowest BCUT2D eigenvalue weighted by Crippen LogP contribution is -2.48. The highest BCUT2D eigenvalue weighted by molar-refractivity contribution is 5.34. The average Bonchev–Trinajstić information content (AvgIpc) is 2.71. The quantitative estimate of drug-likeness (QED) is 0.536. The zero-order valence-corrected chi connectivity index (χ0v) is 20.0. The van der Waals surface area contributed by atoms with E-state index in [1.54, 1.807) is 12.1 Å². The molecule has 170 valence electrons. The first-order valence-corrected chi connectivity index (χ1v) is 11.9. The molecule has 1 unspecified atom stereocenters. The van der Waals surface area contributed by atoms with Crippen LogP contribution in [-0.4, -0.2) is 17.8 Å². The molecule has 0 radical (unpaired) electrons. The Balaban J connectivity index is 1.70. The largest absolute Gasteiger partial charge is 0.392 e. The van der Waals surface area contributed by atoms with Crippen molar-refractivity contribution >= 4 is 0 Å². The van der Waals surface area contributed by atoms with E-state index in [0.717, 1.165) is 29.9 Å². The lowest BCUT2D eigenvalue weighted by Gasteiger charge is -2.42. The van der Waals surface area contributed by atoms with E-state index in [1.165, 1.54) is 24.0 Å². The molecule has 0 aromatic heterocycles. The number of aryl methyl sites for hydroxylation is 2. The van der Waals surface area contributed by atoms with Crippen molar-refractivity contribution in [3.05, 3.63) is 70.5 Å². The molecule has 0 heterocycles. The number of hydrogen-bond acceptors (Lipinski definition) is 2. The van der Waals surface area contributed by atoms with Gasteiger partial charge in [0, 0.05) is 12.1 Å². The lowest BCUT2D eigenvalue weighted by molar-refractivity contribution is 0.124. The minimum absolute atomic E-state index is 0.0792. The minimum Gasteiger partial charge on any atom is -0.392 e. The highest BCUT2D eigenvalue weighted by Crippen LogP contribution is 2.40. The third-order valence-electron chi connectivity index (χ3n) is 6.95. The standard InChI is InChI=1S/C28H40FNO/c1-20-11-13-28(14-12-20,24-8-6-7-23(18-24)27(3,4)5)30-19-26(31)10-9-22-15-21(2)16-25(29)17-22/h6-8,15-18,20,26,30-31H,9-14,19H2,1-5H3. The predicted molar refractivity (Wildman–Crippen MR) is 128 cm³/mol. The maximum atomic E-state index is 13.7. The van der Waals surface area contributed by atoms with Crippen LogP contribution in [-0.2, 0) is 17.4 Å². The first-order chi connectivity index (χ1) is 14.6. The van der Waals surface area contributed by atoms with Gasteiger partial charge in [0.05, 0.1) is 6.10 Å². The smallest absolute Gasteiger partial charge is 0.123 e. The molecule has 0 bridgehead atoms. The second-order valence-corrected chi connectivity index (χ2v) is 10.8. The summed E-state index contributed by atoms with van der Waals surface area (Å²) in [5.41, 5.74) is 4.62. The third-order valence-corrected chi connectivity index (χ3v) is 6.95. The number of benzene rings is 2. The molecule has 0 aliphatic heterocycles. The Labute approximate surface area is 188 Å². The molecule has 31 heavy (non-hydrogen) atoms. The highest BCUT2D eigenvalue weighted by Gasteiger charge is 2.36. The van der Waals surface area contributed by atoms with Crippen LogP contribution in [0.4, 0.5) is 4.39 Å². The normalized spacial score (nSPS) is 23.0. The van der Waals surface area contributed by atoms with Crippen LogP contribution < -0.4 is 5.32 Å². The molecular formula is C28H40FNO. The SMILES string of the molecule is Cc1cc(F)cc(CCC(O)CNC2(c3cccc(C(C)(C)C)c3)CCC(C)CC2)c1. The van der Waals surface area contributed by atoms with E-state index in [-0.39, 0.29) is 16.8 Å². The van der Waals surface area contributed by atoms with Crippen molar-refractivity contribution in [1.29, 1.82) is 0 Å². The van der Waals surface area contributed by atoms with Crippen LogP contribution in [0.5, 0.6) is 0 Å². The topological polar surface area (TPSA) is 32.3 Å². The molecule has 1 atom stereocenters. The zero-order valence-electron chi connectivity index (χ0n) is 20.0. The fourth-order valence-corrected chi connectivity index (χ4v) is 4.81. The summed E-state index contributed by atoms with van der Waals surface area (Å²) in [5.74, 6) is 0.554. The highest BCUT2D eigenvalue weighted by atomic mass is 19.1. The molecule has 3 rings (SSSR count). The molecule has 0 saturated heterocycles. The third kappa shape index (κ3) is 6.40. The van der Waals surface area contributed by atoms with Crippen molar-refractivity contribution in [3.63, 3.8) is 0 Å². The van der Waals surface area contributed by atoms with Crippen molar-refractivity contribution in [2.24, 2.45) is 5.92 Å². The van der Waals surface area contributed by atoms with Gasteiger partial charge < -0.3 is 10.4 Å². The Morgan fingerprint density at radius 3 is 2.48 bits per heavy atom.